The van der Waals surface area contributed by atoms with E-state index >= 15 is 0 Å². The summed E-state index contributed by atoms with van der Waals surface area (Å²) in [6.07, 6.45) is 0. The van der Waals surface area contributed by atoms with Gasteiger partial charge in [0.2, 0.25) is 11.8 Å². The molecular weight excluding hydrogens is 346 g/mol. The Morgan fingerprint density at radius 2 is 1.67 bits per heavy atom. The third-order valence-corrected chi connectivity index (χ3v) is 3.84. The maximum atomic E-state index is 12.1. The summed E-state index contributed by atoms with van der Waals surface area (Å²) >= 11 is 0. The molecule has 2 rings (SSSR count). The Bertz CT molecular complexity index is 845. The summed E-state index contributed by atoms with van der Waals surface area (Å²) < 4.78 is 0. The van der Waals surface area contributed by atoms with Gasteiger partial charge >= 0.3 is 0 Å². The molecule has 27 heavy (non-hydrogen) atoms. The Morgan fingerprint density at radius 3 is 2.30 bits per heavy atom. The topological polar surface area (TPSA) is 108 Å². The quantitative estimate of drug-likeness (QED) is 0.628. The number of phenols is 1. The second kappa shape index (κ2) is 8.84. The van der Waals surface area contributed by atoms with Gasteiger partial charge in [0.25, 0.3) is 5.91 Å². The first-order chi connectivity index (χ1) is 12.8. The fraction of sp³-hybridized carbons (Fsp3) is 0.250. The van der Waals surface area contributed by atoms with Crippen molar-refractivity contribution in [3.8, 4) is 5.75 Å². The molecule has 0 atom stereocenters. The second-order valence-corrected chi connectivity index (χ2v) is 6.45. The van der Waals surface area contributed by atoms with E-state index in [1.165, 1.54) is 24.3 Å². The number of rotatable bonds is 6. The van der Waals surface area contributed by atoms with E-state index < -0.39 is 11.8 Å². The van der Waals surface area contributed by atoms with Gasteiger partial charge in [0.05, 0.1) is 6.54 Å². The van der Waals surface area contributed by atoms with Crippen molar-refractivity contribution in [2.45, 2.75) is 20.8 Å². The number of phenolic OH excluding ortho intramolecular Hbond substituents is 1. The van der Waals surface area contributed by atoms with Crippen LogP contribution in [0.5, 0.6) is 5.75 Å². The molecule has 0 spiro atoms. The smallest absolute Gasteiger partial charge is 0.251 e. The number of aryl methyl sites for hydroxylation is 1. The number of nitrogens with one attached hydrogen (secondary N) is 3. The van der Waals surface area contributed by atoms with Crippen molar-refractivity contribution in [3.05, 3.63) is 53.6 Å². The first kappa shape index (κ1) is 20.0. The van der Waals surface area contributed by atoms with Gasteiger partial charge in [-0.15, -0.1) is 0 Å². The van der Waals surface area contributed by atoms with E-state index in [0.29, 0.717) is 16.9 Å². The predicted molar refractivity (Wildman–Crippen MR) is 104 cm³/mol. The Balaban J connectivity index is 1.95. The maximum Gasteiger partial charge on any atom is 0.251 e. The van der Waals surface area contributed by atoms with Gasteiger partial charge in [-0.25, -0.2) is 0 Å². The van der Waals surface area contributed by atoms with Crippen molar-refractivity contribution in [2.24, 2.45) is 5.92 Å². The molecule has 7 heteroatoms. The average Bonchev–Trinajstić information content (AvgIpc) is 2.63. The van der Waals surface area contributed by atoms with Crippen LogP contribution in [-0.4, -0.2) is 29.4 Å². The Morgan fingerprint density at radius 1 is 1.00 bits per heavy atom. The van der Waals surface area contributed by atoms with Crippen molar-refractivity contribution >= 4 is 29.1 Å². The summed E-state index contributed by atoms with van der Waals surface area (Å²) in [6.45, 7) is 5.21. The molecule has 0 saturated heterocycles. The molecule has 0 aliphatic carbocycles. The molecule has 0 heterocycles. The summed E-state index contributed by atoms with van der Waals surface area (Å²) in [7, 11) is 0. The van der Waals surface area contributed by atoms with Crippen LogP contribution in [-0.2, 0) is 9.59 Å². The lowest BCUT2D eigenvalue weighted by Crippen LogP contribution is -2.33. The number of hydrogen-bond donors (Lipinski definition) is 4. The van der Waals surface area contributed by atoms with Gasteiger partial charge in [-0.1, -0.05) is 19.9 Å². The van der Waals surface area contributed by atoms with Gasteiger partial charge in [-0.2, -0.15) is 0 Å². The zero-order chi connectivity index (χ0) is 20.0. The standard InChI is InChI=1S/C20H23N3O4/c1-12(2)19(26)22-15-7-4-13(3)17(10-15)23-18(25)11-21-20(27)14-5-8-16(24)9-6-14/h4-10,12,24H,11H2,1-3H3,(H,21,27)(H,22,26)(H,23,25). The molecule has 3 amide bonds. The van der Waals surface area contributed by atoms with E-state index in [1.807, 2.05) is 6.92 Å². The van der Waals surface area contributed by atoms with Crippen molar-refractivity contribution in [1.82, 2.24) is 5.32 Å². The number of aromatic hydroxyl groups is 1. The minimum Gasteiger partial charge on any atom is -0.508 e. The molecule has 0 aromatic heterocycles. The first-order valence-corrected chi connectivity index (χ1v) is 8.55. The van der Waals surface area contributed by atoms with E-state index in [9.17, 15) is 19.5 Å². The number of carbonyl (C=O) groups is 3. The molecule has 0 bridgehead atoms. The number of benzene rings is 2. The molecule has 0 unspecified atom stereocenters. The highest BCUT2D eigenvalue weighted by atomic mass is 16.3. The normalized spacial score (nSPS) is 10.4. The molecule has 0 aliphatic heterocycles. The summed E-state index contributed by atoms with van der Waals surface area (Å²) in [5, 5.41) is 17.3. The molecule has 2 aromatic rings. The zero-order valence-electron chi connectivity index (χ0n) is 15.5. The number of hydrogen-bond acceptors (Lipinski definition) is 4. The van der Waals surface area contributed by atoms with Crippen LogP contribution >= 0.6 is 0 Å². The number of anilines is 2. The molecule has 4 N–H and O–H groups in total. The SMILES string of the molecule is Cc1ccc(NC(=O)C(C)C)cc1NC(=O)CNC(=O)c1ccc(O)cc1. The van der Waals surface area contributed by atoms with E-state index in [4.69, 9.17) is 0 Å². The molecule has 0 fully saturated rings. The minimum absolute atomic E-state index is 0.0595. The lowest BCUT2D eigenvalue weighted by Gasteiger charge is -2.13. The Hall–Kier alpha value is -3.35. The maximum absolute atomic E-state index is 12.1. The van der Waals surface area contributed by atoms with Gasteiger partial charge in [-0.05, 0) is 48.9 Å². The molecule has 7 nitrogen and oxygen atoms in total. The number of carbonyl (C=O) groups excluding carboxylic acids is 3. The summed E-state index contributed by atoms with van der Waals surface area (Å²) in [4.78, 5) is 35.9. The van der Waals surface area contributed by atoms with Gasteiger partial charge in [0, 0.05) is 22.9 Å². The van der Waals surface area contributed by atoms with E-state index in [0.717, 1.165) is 5.56 Å². The van der Waals surface area contributed by atoms with Gasteiger partial charge in [0.15, 0.2) is 0 Å². The van der Waals surface area contributed by atoms with Crippen LogP contribution in [0, 0.1) is 12.8 Å². The van der Waals surface area contributed by atoms with Crippen molar-refractivity contribution in [2.75, 3.05) is 17.2 Å². The first-order valence-electron chi connectivity index (χ1n) is 8.55. The van der Waals surface area contributed by atoms with Crippen LogP contribution in [0.2, 0.25) is 0 Å². The second-order valence-electron chi connectivity index (χ2n) is 6.45. The molecular formula is C20H23N3O4. The van der Waals surface area contributed by atoms with Crippen LogP contribution in [0.1, 0.15) is 29.8 Å². The molecule has 142 valence electrons. The highest BCUT2D eigenvalue weighted by molar-refractivity contribution is 6.00. The fourth-order valence-electron chi connectivity index (χ4n) is 2.19. The summed E-state index contributed by atoms with van der Waals surface area (Å²) in [5.41, 5.74) is 2.31. The van der Waals surface area contributed by atoms with Crippen molar-refractivity contribution in [3.63, 3.8) is 0 Å². The van der Waals surface area contributed by atoms with Gasteiger partial charge in [0.1, 0.15) is 5.75 Å². The lowest BCUT2D eigenvalue weighted by molar-refractivity contribution is -0.119. The Kier molecular flexibility index (Phi) is 6.54. The zero-order valence-corrected chi connectivity index (χ0v) is 15.5. The van der Waals surface area contributed by atoms with E-state index in [2.05, 4.69) is 16.0 Å². The van der Waals surface area contributed by atoms with E-state index in [-0.39, 0.29) is 24.1 Å². The Labute approximate surface area is 157 Å². The highest BCUT2D eigenvalue weighted by Crippen LogP contribution is 2.20. The van der Waals surface area contributed by atoms with E-state index in [1.54, 1.807) is 32.0 Å². The third-order valence-electron chi connectivity index (χ3n) is 3.84. The van der Waals surface area contributed by atoms with Crippen LogP contribution in [0.4, 0.5) is 11.4 Å². The molecule has 0 radical (unpaired) electrons. The fourth-order valence-corrected chi connectivity index (χ4v) is 2.19. The van der Waals surface area contributed by atoms with Gasteiger partial charge < -0.3 is 21.1 Å². The monoisotopic (exact) mass is 369 g/mol. The summed E-state index contributed by atoms with van der Waals surface area (Å²) in [6, 6.07) is 11.0. The average molecular weight is 369 g/mol. The van der Waals surface area contributed by atoms with Crippen molar-refractivity contribution in [1.29, 1.82) is 0 Å². The van der Waals surface area contributed by atoms with Crippen LogP contribution < -0.4 is 16.0 Å². The van der Waals surface area contributed by atoms with Crippen LogP contribution in [0.25, 0.3) is 0 Å². The van der Waals surface area contributed by atoms with Gasteiger partial charge in [-0.3, -0.25) is 14.4 Å². The number of amides is 3. The molecule has 2 aromatic carbocycles. The van der Waals surface area contributed by atoms with Crippen molar-refractivity contribution < 1.29 is 19.5 Å². The summed E-state index contributed by atoms with van der Waals surface area (Å²) in [5.74, 6) is -1.02. The molecule has 0 saturated carbocycles. The molecule has 0 aliphatic rings. The largest absolute Gasteiger partial charge is 0.508 e. The lowest BCUT2D eigenvalue weighted by atomic mass is 10.1. The van der Waals surface area contributed by atoms with Crippen LogP contribution in [0.15, 0.2) is 42.5 Å². The third kappa shape index (κ3) is 5.85. The van der Waals surface area contributed by atoms with Crippen LogP contribution in [0.3, 0.4) is 0 Å². The highest BCUT2D eigenvalue weighted by Gasteiger charge is 2.11. The minimum atomic E-state index is -0.417. The predicted octanol–water partition coefficient (Wildman–Crippen LogP) is 2.66.